The molecule has 0 aliphatic heterocycles. The fourth-order valence-corrected chi connectivity index (χ4v) is 0.980. The molecule has 4 heteroatoms. The Morgan fingerprint density at radius 1 is 1.46 bits per heavy atom. The average molecular weight is 186 g/mol. The number of halogens is 2. The van der Waals surface area contributed by atoms with Gasteiger partial charge < -0.3 is 5.11 Å². The van der Waals surface area contributed by atoms with Crippen molar-refractivity contribution >= 4 is 6.29 Å². The lowest BCUT2D eigenvalue weighted by molar-refractivity contribution is -0.128. The number of aldehydes is 1. The molecule has 0 aliphatic rings. The minimum atomic E-state index is -3.35. The molecule has 2 nitrogen and oxygen atoms in total. The predicted molar refractivity (Wildman–Crippen MR) is 42.8 cm³/mol. The van der Waals surface area contributed by atoms with Gasteiger partial charge in [-0.05, 0) is 17.7 Å². The Labute approximate surface area is 73.8 Å². The third-order valence-corrected chi connectivity index (χ3v) is 1.52. The Balaban J connectivity index is 2.80. The number of aromatic hydroxyl groups is 1. The highest BCUT2D eigenvalue weighted by molar-refractivity contribution is 5.60. The Bertz CT molecular complexity index is 310. The van der Waals surface area contributed by atoms with Crippen molar-refractivity contribution < 1.29 is 18.7 Å². The molecule has 0 saturated heterocycles. The second-order valence-corrected chi connectivity index (χ2v) is 2.73. The van der Waals surface area contributed by atoms with Crippen LogP contribution in [0.25, 0.3) is 0 Å². The normalized spacial score (nSPS) is 11.2. The number of phenolic OH excluding ortho intramolecular Hbond substituents is 1. The highest BCUT2D eigenvalue weighted by atomic mass is 19.3. The molecule has 0 heterocycles. The van der Waals surface area contributed by atoms with E-state index in [1.807, 2.05) is 0 Å². The first kappa shape index (κ1) is 9.64. The Morgan fingerprint density at radius 3 is 2.69 bits per heavy atom. The second-order valence-electron chi connectivity index (χ2n) is 2.73. The van der Waals surface area contributed by atoms with E-state index in [9.17, 15) is 13.6 Å². The summed E-state index contributed by atoms with van der Waals surface area (Å²) >= 11 is 0. The van der Waals surface area contributed by atoms with Gasteiger partial charge in [-0.25, -0.2) is 0 Å². The minimum Gasteiger partial charge on any atom is -0.508 e. The van der Waals surface area contributed by atoms with E-state index in [4.69, 9.17) is 5.11 Å². The number of carbonyl (C=O) groups is 1. The average Bonchev–Trinajstić information content (AvgIpc) is 2.03. The van der Waals surface area contributed by atoms with E-state index in [1.165, 1.54) is 24.3 Å². The zero-order chi connectivity index (χ0) is 9.90. The highest BCUT2D eigenvalue weighted by Gasteiger charge is 2.28. The summed E-state index contributed by atoms with van der Waals surface area (Å²) < 4.78 is 25.0. The number of benzene rings is 1. The standard InChI is InChI=1S/C9H8F2O2/c10-9(11,6-12)5-7-2-1-3-8(13)4-7/h1-4,6,13H,5H2. The molecule has 0 saturated carbocycles. The van der Waals surface area contributed by atoms with Crippen molar-refractivity contribution in [3.63, 3.8) is 0 Å². The molecule has 0 atom stereocenters. The Kier molecular flexibility index (Phi) is 2.60. The SMILES string of the molecule is O=CC(F)(F)Cc1cccc(O)c1. The van der Waals surface area contributed by atoms with Crippen molar-refractivity contribution in [2.45, 2.75) is 12.3 Å². The van der Waals surface area contributed by atoms with Crippen LogP contribution >= 0.6 is 0 Å². The van der Waals surface area contributed by atoms with Crippen LogP contribution < -0.4 is 0 Å². The van der Waals surface area contributed by atoms with Gasteiger partial charge in [0.05, 0.1) is 0 Å². The molecule has 0 aliphatic carbocycles. The van der Waals surface area contributed by atoms with Crippen LogP contribution in [0, 0.1) is 0 Å². The second kappa shape index (κ2) is 3.51. The monoisotopic (exact) mass is 186 g/mol. The fourth-order valence-electron chi connectivity index (χ4n) is 0.980. The summed E-state index contributed by atoms with van der Waals surface area (Å²) in [6.07, 6.45) is -1.07. The quantitative estimate of drug-likeness (QED) is 0.730. The zero-order valence-corrected chi connectivity index (χ0v) is 6.71. The molecule has 0 fully saturated rings. The first-order valence-corrected chi connectivity index (χ1v) is 3.65. The summed E-state index contributed by atoms with van der Waals surface area (Å²) in [4.78, 5) is 9.90. The summed E-state index contributed by atoms with van der Waals surface area (Å²) in [5.74, 6) is -3.44. The van der Waals surface area contributed by atoms with Crippen LogP contribution in [-0.2, 0) is 11.2 Å². The Morgan fingerprint density at radius 2 is 2.15 bits per heavy atom. The maximum atomic E-state index is 12.5. The van der Waals surface area contributed by atoms with Gasteiger partial charge in [-0.1, -0.05) is 12.1 Å². The van der Waals surface area contributed by atoms with Gasteiger partial charge in [-0.15, -0.1) is 0 Å². The van der Waals surface area contributed by atoms with Crippen LogP contribution in [-0.4, -0.2) is 17.3 Å². The summed E-state index contributed by atoms with van der Waals surface area (Å²) in [6, 6.07) is 5.46. The molecule has 0 bridgehead atoms. The van der Waals surface area contributed by atoms with Crippen molar-refractivity contribution in [2.75, 3.05) is 0 Å². The molecule has 0 radical (unpaired) electrons. The highest BCUT2D eigenvalue weighted by Crippen LogP contribution is 2.20. The lowest BCUT2D eigenvalue weighted by Crippen LogP contribution is -2.20. The molecule has 0 amide bonds. The van der Waals surface area contributed by atoms with Crippen molar-refractivity contribution in [3.05, 3.63) is 29.8 Å². The molecule has 0 spiro atoms. The van der Waals surface area contributed by atoms with E-state index in [2.05, 4.69) is 0 Å². The summed E-state index contributed by atoms with van der Waals surface area (Å²) in [7, 11) is 0. The zero-order valence-electron chi connectivity index (χ0n) is 6.71. The Hall–Kier alpha value is -1.45. The third kappa shape index (κ3) is 2.82. The van der Waals surface area contributed by atoms with Crippen molar-refractivity contribution in [2.24, 2.45) is 0 Å². The van der Waals surface area contributed by atoms with Gasteiger partial charge in [0.1, 0.15) is 5.75 Å². The molecule has 1 aromatic rings. The maximum Gasteiger partial charge on any atom is 0.306 e. The summed E-state index contributed by atoms with van der Waals surface area (Å²) in [5.41, 5.74) is 0.233. The topological polar surface area (TPSA) is 37.3 Å². The lowest BCUT2D eigenvalue weighted by atomic mass is 10.1. The van der Waals surface area contributed by atoms with Gasteiger partial charge in [0.15, 0.2) is 6.29 Å². The molecule has 1 N–H and O–H groups in total. The van der Waals surface area contributed by atoms with E-state index in [0.717, 1.165) is 0 Å². The molecule has 0 aromatic heterocycles. The molecular weight excluding hydrogens is 178 g/mol. The molecular formula is C9H8F2O2. The van der Waals surface area contributed by atoms with Gasteiger partial charge in [0.25, 0.3) is 0 Å². The number of rotatable bonds is 3. The van der Waals surface area contributed by atoms with Gasteiger partial charge in [0, 0.05) is 6.42 Å². The van der Waals surface area contributed by atoms with E-state index in [-0.39, 0.29) is 11.3 Å². The van der Waals surface area contributed by atoms with E-state index < -0.39 is 18.6 Å². The maximum absolute atomic E-state index is 12.5. The van der Waals surface area contributed by atoms with Crippen molar-refractivity contribution in [1.29, 1.82) is 0 Å². The summed E-state index contributed by atoms with van der Waals surface area (Å²) in [6.45, 7) is 0. The van der Waals surface area contributed by atoms with Crippen molar-refractivity contribution in [3.8, 4) is 5.75 Å². The first-order valence-electron chi connectivity index (χ1n) is 3.65. The van der Waals surface area contributed by atoms with Crippen molar-refractivity contribution in [1.82, 2.24) is 0 Å². The predicted octanol–water partition coefficient (Wildman–Crippen LogP) is 1.77. The molecule has 1 aromatic carbocycles. The van der Waals surface area contributed by atoms with E-state index in [0.29, 0.717) is 0 Å². The molecule has 0 unspecified atom stereocenters. The van der Waals surface area contributed by atoms with E-state index in [1.54, 1.807) is 0 Å². The van der Waals surface area contributed by atoms with Crippen LogP contribution in [0.15, 0.2) is 24.3 Å². The van der Waals surface area contributed by atoms with E-state index >= 15 is 0 Å². The number of hydrogen-bond acceptors (Lipinski definition) is 2. The largest absolute Gasteiger partial charge is 0.508 e. The minimum absolute atomic E-state index is 0.0841. The number of carbonyl (C=O) groups excluding carboxylic acids is 1. The van der Waals surface area contributed by atoms with Crippen LogP contribution in [0.4, 0.5) is 8.78 Å². The van der Waals surface area contributed by atoms with Crippen LogP contribution in [0.1, 0.15) is 5.56 Å². The fraction of sp³-hybridized carbons (Fsp3) is 0.222. The number of hydrogen-bond donors (Lipinski definition) is 1. The van der Waals surface area contributed by atoms with Crippen LogP contribution in [0.3, 0.4) is 0 Å². The number of alkyl halides is 2. The third-order valence-electron chi connectivity index (χ3n) is 1.52. The molecule has 1 rings (SSSR count). The lowest BCUT2D eigenvalue weighted by Gasteiger charge is -2.08. The van der Waals surface area contributed by atoms with Crippen LogP contribution in [0.2, 0.25) is 0 Å². The number of phenols is 1. The molecule has 13 heavy (non-hydrogen) atoms. The smallest absolute Gasteiger partial charge is 0.306 e. The van der Waals surface area contributed by atoms with Crippen LogP contribution in [0.5, 0.6) is 5.75 Å². The van der Waals surface area contributed by atoms with Gasteiger partial charge >= 0.3 is 5.92 Å². The first-order chi connectivity index (χ1) is 6.03. The van der Waals surface area contributed by atoms with Gasteiger partial charge in [-0.2, -0.15) is 8.78 Å². The van der Waals surface area contributed by atoms with Gasteiger partial charge in [0.2, 0.25) is 0 Å². The summed E-state index contributed by atoms with van der Waals surface area (Å²) in [5, 5.41) is 8.95. The van der Waals surface area contributed by atoms with Gasteiger partial charge in [-0.3, -0.25) is 4.79 Å². The molecule has 70 valence electrons.